The highest BCUT2D eigenvalue weighted by atomic mass is 19.1. The lowest BCUT2D eigenvalue weighted by Crippen LogP contribution is -2.39. The summed E-state index contributed by atoms with van der Waals surface area (Å²) >= 11 is 0. The van der Waals surface area contributed by atoms with Crippen LogP contribution in [0.15, 0.2) is 12.1 Å². The number of benzene rings is 1. The average molecular weight is 265 g/mol. The van der Waals surface area contributed by atoms with Gasteiger partial charge in [-0.25, -0.2) is 4.39 Å². The Hall–Kier alpha value is -1.78. The van der Waals surface area contributed by atoms with E-state index in [2.05, 4.69) is 13.8 Å². The van der Waals surface area contributed by atoms with Crippen molar-refractivity contribution >= 4 is 17.3 Å². The minimum absolute atomic E-state index is 0.0897. The van der Waals surface area contributed by atoms with E-state index in [1.165, 1.54) is 12.1 Å². The number of carbonyl (C=O) groups is 1. The molecule has 4 nitrogen and oxygen atoms in total. The van der Waals surface area contributed by atoms with Crippen molar-refractivity contribution in [2.45, 2.75) is 20.3 Å². The second kappa shape index (κ2) is 5.07. The van der Waals surface area contributed by atoms with Crippen molar-refractivity contribution in [1.82, 2.24) is 0 Å². The Bertz CT molecular complexity index is 494. The van der Waals surface area contributed by atoms with Gasteiger partial charge < -0.3 is 16.4 Å². The Morgan fingerprint density at radius 1 is 1.32 bits per heavy atom. The van der Waals surface area contributed by atoms with Crippen LogP contribution in [-0.2, 0) is 0 Å². The first-order valence-electron chi connectivity index (χ1n) is 6.52. The lowest BCUT2D eigenvalue weighted by Gasteiger charge is -2.37. The van der Waals surface area contributed by atoms with Crippen molar-refractivity contribution in [3.05, 3.63) is 23.5 Å². The molecule has 0 radical (unpaired) electrons. The Morgan fingerprint density at radius 2 is 1.89 bits per heavy atom. The minimum Gasteiger partial charge on any atom is -0.398 e. The van der Waals surface area contributed by atoms with E-state index in [4.69, 9.17) is 11.5 Å². The van der Waals surface area contributed by atoms with Crippen LogP contribution in [0.25, 0.3) is 0 Å². The van der Waals surface area contributed by atoms with Crippen molar-refractivity contribution in [3.63, 3.8) is 0 Å². The highest BCUT2D eigenvalue weighted by Gasteiger charge is 2.25. The molecule has 1 heterocycles. The molecule has 1 aromatic carbocycles. The first-order chi connectivity index (χ1) is 8.88. The molecule has 0 aliphatic carbocycles. The standard InChI is InChI=1S/C14H20FN3O/c1-8-3-9(2)7-18(6-8)13-4-10(14(17)19)12(16)5-11(13)15/h4-5,8-9H,3,6-7,16H2,1-2H3,(H2,17,19). The third kappa shape index (κ3) is 2.80. The third-order valence-electron chi connectivity index (χ3n) is 3.59. The lowest BCUT2D eigenvalue weighted by molar-refractivity contribution is 0.100. The summed E-state index contributed by atoms with van der Waals surface area (Å²) in [6.07, 6.45) is 1.13. The summed E-state index contributed by atoms with van der Waals surface area (Å²) in [5, 5.41) is 0. The first kappa shape index (κ1) is 13.6. The summed E-state index contributed by atoms with van der Waals surface area (Å²) in [4.78, 5) is 13.3. The highest BCUT2D eigenvalue weighted by Crippen LogP contribution is 2.30. The van der Waals surface area contributed by atoms with E-state index in [0.717, 1.165) is 19.5 Å². The number of nitrogens with zero attached hydrogens (tertiary/aromatic N) is 1. The largest absolute Gasteiger partial charge is 0.398 e. The van der Waals surface area contributed by atoms with Gasteiger partial charge in [-0.15, -0.1) is 0 Å². The first-order valence-corrected chi connectivity index (χ1v) is 6.52. The maximum Gasteiger partial charge on any atom is 0.250 e. The molecule has 104 valence electrons. The van der Waals surface area contributed by atoms with Gasteiger partial charge in [0.25, 0.3) is 5.91 Å². The van der Waals surface area contributed by atoms with Crippen LogP contribution < -0.4 is 16.4 Å². The van der Waals surface area contributed by atoms with Crippen LogP contribution in [0, 0.1) is 17.7 Å². The predicted octanol–water partition coefficient (Wildman–Crippen LogP) is 1.99. The number of hydrogen-bond donors (Lipinski definition) is 2. The Balaban J connectivity index is 2.38. The maximum absolute atomic E-state index is 14.1. The number of piperidine rings is 1. The zero-order chi connectivity index (χ0) is 14.2. The van der Waals surface area contributed by atoms with E-state index in [0.29, 0.717) is 17.5 Å². The van der Waals surface area contributed by atoms with Gasteiger partial charge in [0, 0.05) is 18.8 Å². The van der Waals surface area contributed by atoms with E-state index in [9.17, 15) is 9.18 Å². The molecule has 1 aliphatic rings. The lowest BCUT2D eigenvalue weighted by atomic mass is 9.91. The van der Waals surface area contributed by atoms with Crippen LogP contribution in [0.4, 0.5) is 15.8 Å². The third-order valence-corrected chi connectivity index (χ3v) is 3.59. The molecule has 19 heavy (non-hydrogen) atoms. The zero-order valence-corrected chi connectivity index (χ0v) is 11.3. The zero-order valence-electron chi connectivity index (χ0n) is 11.3. The molecule has 1 saturated heterocycles. The molecule has 0 saturated carbocycles. The number of rotatable bonds is 2. The Labute approximate surface area is 112 Å². The van der Waals surface area contributed by atoms with Gasteiger partial charge in [0.2, 0.25) is 0 Å². The monoisotopic (exact) mass is 265 g/mol. The van der Waals surface area contributed by atoms with Gasteiger partial charge >= 0.3 is 0 Å². The number of amides is 1. The van der Waals surface area contributed by atoms with Crippen LogP contribution in [0.5, 0.6) is 0 Å². The number of carbonyl (C=O) groups excluding carboxylic acids is 1. The van der Waals surface area contributed by atoms with Crippen LogP contribution >= 0.6 is 0 Å². The molecule has 1 fully saturated rings. The SMILES string of the molecule is CC1CC(C)CN(c2cc(C(N)=O)c(N)cc2F)C1. The van der Waals surface area contributed by atoms with Gasteiger partial charge in [0.1, 0.15) is 5.82 Å². The van der Waals surface area contributed by atoms with Crippen molar-refractivity contribution in [3.8, 4) is 0 Å². The number of halogens is 1. The van der Waals surface area contributed by atoms with Gasteiger partial charge in [0.05, 0.1) is 11.3 Å². The summed E-state index contributed by atoms with van der Waals surface area (Å²) in [7, 11) is 0. The van der Waals surface area contributed by atoms with E-state index in [1.54, 1.807) is 0 Å². The molecule has 5 heteroatoms. The van der Waals surface area contributed by atoms with Crippen LogP contribution in [0.3, 0.4) is 0 Å². The number of nitrogen functional groups attached to an aromatic ring is 1. The number of anilines is 2. The van der Waals surface area contributed by atoms with Gasteiger partial charge in [-0.2, -0.15) is 0 Å². The average Bonchev–Trinajstić information content (AvgIpc) is 2.26. The van der Waals surface area contributed by atoms with Crippen molar-refractivity contribution in [2.75, 3.05) is 23.7 Å². The van der Waals surface area contributed by atoms with Gasteiger partial charge in [0.15, 0.2) is 0 Å². The second-order valence-corrected chi connectivity index (χ2v) is 5.61. The van der Waals surface area contributed by atoms with Crippen molar-refractivity contribution < 1.29 is 9.18 Å². The molecule has 1 amide bonds. The van der Waals surface area contributed by atoms with Gasteiger partial charge in [-0.1, -0.05) is 13.8 Å². The minimum atomic E-state index is -0.628. The molecule has 0 spiro atoms. The van der Waals surface area contributed by atoms with Gasteiger partial charge in [-0.3, -0.25) is 4.79 Å². The van der Waals surface area contributed by atoms with Crippen LogP contribution in [0.2, 0.25) is 0 Å². The van der Waals surface area contributed by atoms with Gasteiger partial charge in [-0.05, 0) is 30.4 Å². The Kier molecular flexibility index (Phi) is 3.64. The van der Waals surface area contributed by atoms with E-state index in [-0.39, 0.29) is 11.3 Å². The predicted molar refractivity (Wildman–Crippen MR) is 74.5 cm³/mol. The summed E-state index contributed by atoms with van der Waals surface area (Å²) in [5.74, 6) is -0.0314. The quantitative estimate of drug-likeness (QED) is 0.803. The fourth-order valence-electron chi connectivity index (χ4n) is 2.89. The number of primary amides is 1. The van der Waals surface area contributed by atoms with Crippen molar-refractivity contribution in [1.29, 1.82) is 0 Å². The molecule has 1 aliphatic heterocycles. The molecule has 2 atom stereocenters. The molecule has 4 N–H and O–H groups in total. The fraction of sp³-hybridized carbons (Fsp3) is 0.500. The number of hydrogen-bond acceptors (Lipinski definition) is 3. The summed E-state index contributed by atoms with van der Waals surface area (Å²) < 4.78 is 14.1. The number of nitrogens with two attached hydrogens (primary N) is 2. The molecule has 1 aromatic rings. The molecular weight excluding hydrogens is 245 g/mol. The topological polar surface area (TPSA) is 72.3 Å². The maximum atomic E-state index is 14.1. The summed E-state index contributed by atoms with van der Waals surface area (Å²) in [5.41, 5.74) is 11.6. The van der Waals surface area contributed by atoms with E-state index < -0.39 is 11.7 Å². The highest BCUT2D eigenvalue weighted by molar-refractivity contribution is 5.99. The van der Waals surface area contributed by atoms with E-state index in [1.807, 2.05) is 4.90 Å². The smallest absolute Gasteiger partial charge is 0.250 e. The second-order valence-electron chi connectivity index (χ2n) is 5.61. The van der Waals surface area contributed by atoms with Crippen LogP contribution in [-0.4, -0.2) is 19.0 Å². The summed E-state index contributed by atoms with van der Waals surface area (Å²) in [6, 6.07) is 2.65. The molecule has 2 rings (SSSR count). The summed E-state index contributed by atoms with van der Waals surface area (Å²) in [6.45, 7) is 5.85. The normalized spacial score (nSPS) is 23.4. The molecule has 0 aromatic heterocycles. The molecular formula is C14H20FN3O. The van der Waals surface area contributed by atoms with Crippen LogP contribution in [0.1, 0.15) is 30.6 Å². The molecule has 0 bridgehead atoms. The molecule has 2 unspecified atom stereocenters. The van der Waals surface area contributed by atoms with Crippen molar-refractivity contribution in [2.24, 2.45) is 17.6 Å². The van der Waals surface area contributed by atoms with E-state index >= 15 is 0 Å². The Morgan fingerprint density at radius 3 is 2.42 bits per heavy atom. The fourth-order valence-corrected chi connectivity index (χ4v) is 2.89.